The minimum atomic E-state index is -0.804. The number of hydrogen-bond donors (Lipinski definition) is 1. The molecular formula is C16H24N2O3S. The van der Waals surface area contributed by atoms with E-state index in [0.29, 0.717) is 0 Å². The zero-order valence-corrected chi connectivity index (χ0v) is 14.0. The zero-order valence-electron chi connectivity index (χ0n) is 13.2. The van der Waals surface area contributed by atoms with E-state index in [-0.39, 0.29) is 0 Å². The number of hydrogen-bond acceptors (Lipinski definition) is 5. The molecule has 1 aromatic rings. The fourth-order valence-corrected chi connectivity index (χ4v) is 3.03. The summed E-state index contributed by atoms with van der Waals surface area (Å²) in [4.78, 5) is 17.0. The average molecular weight is 324 g/mol. The molecule has 122 valence electrons. The highest BCUT2D eigenvalue weighted by Gasteiger charge is 2.25. The minimum absolute atomic E-state index is 0.600. The maximum absolute atomic E-state index is 11.7. The quantitative estimate of drug-likeness (QED) is 0.772. The van der Waals surface area contributed by atoms with Crippen LogP contribution in [0.5, 0.6) is 0 Å². The van der Waals surface area contributed by atoms with Gasteiger partial charge in [0, 0.05) is 31.1 Å². The molecule has 1 fully saturated rings. The Bertz CT molecular complexity index is 475. The topological polar surface area (TPSA) is 53.0 Å². The maximum atomic E-state index is 11.7. The average Bonchev–Trinajstić information content (AvgIpc) is 2.54. The number of aliphatic carboxylic acids is 1. The Balaban J connectivity index is 1.97. The van der Waals surface area contributed by atoms with Gasteiger partial charge in [0.25, 0.3) is 0 Å². The van der Waals surface area contributed by atoms with Crippen LogP contribution >= 0.6 is 11.8 Å². The van der Waals surface area contributed by atoms with Gasteiger partial charge in [0.2, 0.25) is 0 Å². The van der Waals surface area contributed by atoms with Crippen LogP contribution in [0.1, 0.15) is 11.6 Å². The first-order chi connectivity index (χ1) is 10.6. The summed E-state index contributed by atoms with van der Waals surface area (Å²) in [6.07, 6.45) is 2.01. The van der Waals surface area contributed by atoms with Gasteiger partial charge in [-0.3, -0.25) is 14.6 Å². The monoisotopic (exact) mass is 324 g/mol. The van der Waals surface area contributed by atoms with Crippen molar-refractivity contribution in [3.63, 3.8) is 0 Å². The second-order valence-electron chi connectivity index (χ2n) is 5.45. The third kappa shape index (κ3) is 4.71. The lowest BCUT2D eigenvalue weighted by Gasteiger charge is -2.30. The van der Waals surface area contributed by atoms with Crippen LogP contribution in [0.15, 0.2) is 29.2 Å². The van der Waals surface area contributed by atoms with Crippen LogP contribution in [-0.4, -0.2) is 73.6 Å². The van der Waals surface area contributed by atoms with Crippen LogP contribution in [0.25, 0.3) is 0 Å². The van der Waals surface area contributed by atoms with Gasteiger partial charge in [-0.2, -0.15) is 0 Å². The fraction of sp³-hybridized carbons (Fsp3) is 0.562. The third-order valence-electron chi connectivity index (χ3n) is 3.98. The van der Waals surface area contributed by atoms with E-state index in [1.165, 1.54) is 0 Å². The fourth-order valence-electron chi connectivity index (χ4n) is 2.62. The summed E-state index contributed by atoms with van der Waals surface area (Å²) in [5, 5.41) is 9.58. The molecule has 0 spiro atoms. The van der Waals surface area contributed by atoms with E-state index in [9.17, 15) is 9.90 Å². The number of carboxylic acids is 1. The number of carbonyl (C=O) groups is 1. The number of ether oxygens (including phenoxy) is 1. The minimum Gasteiger partial charge on any atom is -0.480 e. The molecule has 1 unspecified atom stereocenters. The normalized spacial score (nSPS) is 17.6. The van der Waals surface area contributed by atoms with E-state index in [1.807, 2.05) is 42.5 Å². The summed E-state index contributed by atoms with van der Waals surface area (Å²) in [7, 11) is 1.88. The van der Waals surface area contributed by atoms with E-state index in [0.717, 1.165) is 49.9 Å². The summed E-state index contributed by atoms with van der Waals surface area (Å²) < 4.78 is 5.33. The van der Waals surface area contributed by atoms with Crippen LogP contribution in [0.3, 0.4) is 0 Å². The summed E-state index contributed by atoms with van der Waals surface area (Å²) in [5.74, 6) is -0.804. The van der Waals surface area contributed by atoms with E-state index in [4.69, 9.17) is 4.74 Å². The number of nitrogens with zero attached hydrogens (tertiary/aromatic N) is 2. The smallest absolute Gasteiger partial charge is 0.325 e. The molecule has 1 aliphatic heterocycles. The summed E-state index contributed by atoms with van der Waals surface area (Å²) in [5.41, 5.74) is 0.828. The Kier molecular flexibility index (Phi) is 6.70. The Morgan fingerprint density at radius 2 is 2.00 bits per heavy atom. The van der Waals surface area contributed by atoms with Crippen LogP contribution < -0.4 is 0 Å². The van der Waals surface area contributed by atoms with Gasteiger partial charge in [-0.15, -0.1) is 11.8 Å². The number of likely N-dealkylation sites (N-methyl/N-ethyl adjacent to an activating group) is 1. The first kappa shape index (κ1) is 17.3. The third-order valence-corrected chi connectivity index (χ3v) is 4.72. The molecule has 22 heavy (non-hydrogen) atoms. The molecule has 1 heterocycles. The van der Waals surface area contributed by atoms with Crippen molar-refractivity contribution in [2.45, 2.75) is 10.9 Å². The van der Waals surface area contributed by atoms with Gasteiger partial charge >= 0.3 is 5.97 Å². The van der Waals surface area contributed by atoms with Crippen molar-refractivity contribution in [2.24, 2.45) is 0 Å². The molecule has 1 aromatic carbocycles. The lowest BCUT2D eigenvalue weighted by atomic mass is 10.1. The number of carboxylic acid groups (broad SMARTS) is 1. The van der Waals surface area contributed by atoms with E-state index in [2.05, 4.69) is 4.90 Å². The van der Waals surface area contributed by atoms with Gasteiger partial charge in [-0.05, 0) is 31.0 Å². The van der Waals surface area contributed by atoms with E-state index in [1.54, 1.807) is 11.8 Å². The van der Waals surface area contributed by atoms with Crippen molar-refractivity contribution in [1.82, 2.24) is 9.80 Å². The number of benzene rings is 1. The second-order valence-corrected chi connectivity index (χ2v) is 6.33. The highest BCUT2D eigenvalue weighted by atomic mass is 32.2. The van der Waals surface area contributed by atoms with Gasteiger partial charge in [-0.1, -0.05) is 12.1 Å². The molecule has 1 atom stereocenters. The Morgan fingerprint density at radius 1 is 1.36 bits per heavy atom. The van der Waals surface area contributed by atoms with Crippen LogP contribution in [0.2, 0.25) is 0 Å². The molecule has 0 saturated carbocycles. The van der Waals surface area contributed by atoms with E-state index >= 15 is 0 Å². The SMILES string of the molecule is CSc1ccc(C(C(=O)O)N(C)CCN2CCOCC2)cc1. The Labute approximate surface area is 136 Å². The Hall–Kier alpha value is -1.08. The molecule has 2 rings (SSSR count). The van der Waals surface area contributed by atoms with Crippen molar-refractivity contribution >= 4 is 17.7 Å². The lowest BCUT2D eigenvalue weighted by molar-refractivity contribution is -0.143. The van der Waals surface area contributed by atoms with Crippen LogP contribution in [0.4, 0.5) is 0 Å². The summed E-state index contributed by atoms with van der Waals surface area (Å²) in [6, 6.07) is 7.18. The van der Waals surface area contributed by atoms with Crippen molar-refractivity contribution in [2.75, 3.05) is 52.7 Å². The Morgan fingerprint density at radius 3 is 2.55 bits per heavy atom. The van der Waals surface area contributed by atoms with Crippen molar-refractivity contribution in [3.8, 4) is 0 Å². The predicted molar refractivity (Wildman–Crippen MR) is 88.5 cm³/mol. The summed E-state index contributed by atoms with van der Waals surface area (Å²) in [6.45, 7) is 4.97. The largest absolute Gasteiger partial charge is 0.480 e. The zero-order chi connectivity index (χ0) is 15.9. The molecule has 0 bridgehead atoms. The van der Waals surface area contributed by atoms with Gasteiger partial charge in [-0.25, -0.2) is 0 Å². The second kappa shape index (κ2) is 8.53. The highest BCUT2D eigenvalue weighted by Crippen LogP contribution is 2.23. The molecule has 0 amide bonds. The molecule has 0 radical (unpaired) electrons. The maximum Gasteiger partial charge on any atom is 0.325 e. The van der Waals surface area contributed by atoms with Gasteiger partial charge in [0.1, 0.15) is 6.04 Å². The predicted octanol–water partition coefficient (Wildman–Crippen LogP) is 1.80. The number of morpholine rings is 1. The molecule has 1 aliphatic rings. The number of rotatable bonds is 7. The van der Waals surface area contributed by atoms with Crippen molar-refractivity contribution in [1.29, 1.82) is 0 Å². The standard InChI is InChI=1S/C16H24N2O3S/c1-17(7-8-18-9-11-21-12-10-18)15(16(19)20)13-3-5-14(22-2)6-4-13/h3-6,15H,7-12H2,1-2H3,(H,19,20). The van der Waals surface area contributed by atoms with Gasteiger partial charge in [0.05, 0.1) is 13.2 Å². The molecule has 1 N–H and O–H groups in total. The first-order valence-electron chi connectivity index (χ1n) is 7.49. The van der Waals surface area contributed by atoms with Crippen LogP contribution in [0, 0.1) is 0 Å². The first-order valence-corrected chi connectivity index (χ1v) is 8.71. The lowest BCUT2D eigenvalue weighted by Crippen LogP contribution is -2.42. The molecule has 0 aromatic heterocycles. The molecule has 1 saturated heterocycles. The number of thioether (sulfide) groups is 1. The molecule has 0 aliphatic carbocycles. The summed E-state index contributed by atoms with van der Waals surface area (Å²) >= 11 is 1.66. The van der Waals surface area contributed by atoms with E-state index < -0.39 is 12.0 Å². The molecule has 5 nitrogen and oxygen atoms in total. The van der Waals surface area contributed by atoms with Crippen molar-refractivity contribution < 1.29 is 14.6 Å². The van der Waals surface area contributed by atoms with Gasteiger partial charge < -0.3 is 9.84 Å². The molecular weight excluding hydrogens is 300 g/mol. The van der Waals surface area contributed by atoms with Crippen LogP contribution in [-0.2, 0) is 9.53 Å². The van der Waals surface area contributed by atoms with Gasteiger partial charge in [0.15, 0.2) is 0 Å². The van der Waals surface area contributed by atoms with Crippen molar-refractivity contribution in [3.05, 3.63) is 29.8 Å². The highest BCUT2D eigenvalue weighted by molar-refractivity contribution is 7.98. The molecule has 6 heteroatoms.